The van der Waals surface area contributed by atoms with Gasteiger partial charge in [-0.25, -0.2) is 0 Å². The van der Waals surface area contributed by atoms with Gasteiger partial charge in [-0.15, -0.1) is 0 Å². The molecule has 0 bridgehead atoms. The Kier molecular flexibility index (Phi) is 144. The van der Waals surface area contributed by atoms with Crippen LogP contribution in [0.1, 0.15) is 0 Å². The number of rotatable bonds is 0. The van der Waals surface area contributed by atoms with Gasteiger partial charge in [-0.2, -0.15) is 0 Å². The molecule has 0 aromatic heterocycles. The fourth-order valence-electron chi connectivity index (χ4n) is 0. The van der Waals surface area contributed by atoms with Gasteiger partial charge in [0, 0.05) is 75.5 Å². The maximum absolute atomic E-state index is 0. The van der Waals surface area contributed by atoms with E-state index in [1.54, 1.807) is 0 Å². The standard InChI is InChI=1S/2Ca.2H2O/h;;2*1H2. The summed E-state index contributed by atoms with van der Waals surface area (Å²) in [5, 5.41) is 0. The Hall–Kier alpha value is 2.44. The molecule has 0 amide bonds. The zero-order valence-electron chi connectivity index (χ0n) is 2.41. The van der Waals surface area contributed by atoms with Gasteiger partial charge < -0.3 is 11.0 Å². The first-order chi connectivity index (χ1) is 0. The topological polar surface area (TPSA) is 63.0 Å². The van der Waals surface area contributed by atoms with Crippen LogP contribution in [-0.4, -0.2) is 86.4 Å². The zero-order valence-corrected chi connectivity index (χ0v) is 6.83. The molecule has 0 aliphatic rings. The minimum atomic E-state index is 0. The second-order valence-electron chi connectivity index (χ2n) is 0. The smallest absolute Gasteiger partial charge is 0 e. The molecule has 4 radical (unpaired) electrons. The minimum Gasteiger partial charge on any atom is -0.412 e. The second-order valence-corrected chi connectivity index (χ2v) is 0. The van der Waals surface area contributed by atoms with Crippen LogP contribution in [0.2, 0.25) is 0 Å². The monoisotopic (exact) mass is 116 g/mol. The maximum Gasteiger partial charge on any atom is 0 e. The molecule has 4 heteroatoms. The summed E-state index contributed by atoms with van der Waals surface area (Å²) < 4.78 is 0. The first kappa shape index (κ1) is 32.0. The van der Waals surface area contributed by atoms with E-state index in [4.69, 9.17) is 0 Å². The largest absolute Gasteiger partial charge is 0.412 e. The average Bonchev–Trinajstić information content (AvgIpc) is 0. The van der Waals surface area contributed by atoms with E-state index >= 15 is 0 Å². The minimum absolute atomic E-state index is 0. The first-order valence-corrected chi connectivity index (χ1v) is 0. The van der Waals surface area contributed by atoms with Crippen molar-refractivity contribution in [2.45, 2.75) is 0 Å². The van der Waals surface area contributed by atoms with Gasteiger partial charge in [0.1, 0.15) is 0 Å². The molecule has 0 heterocycles. The van der Waals surface area contributed by atoms with E-state index in [0.29, 0.717) is 0 Å². The van der Waals surface area contributed by atoms with Crippen molar-refractivity contribution in [2.75, 3.05) is 0 Å². The zero-order chi connectivity index (χ0) is 0. The predicted molar refractivity (Wildman–Crippen MR) is 18.7 cm³/mol. The first-order valence-electron chi connectivity index (χ1n) is 0. The summed E-state index contributed by atoms with van der Waals surface area (Å²) in [4.78, 5) is 0. The fraction of sp³-hybridized carbons (Fsp3) is 0. The van der Waals surface area contributed by atoms with E-state index in [2.05, 4.69) is 0 Å². The molecule has 4 N–H and O–H groups in total. The van der Waals surface area contributed by atoms with Gasteiger partial charge in [-0.05, 0) is 0 Å². The maximum atomic E-state index is 0. The summed E-state index contributed by atoms with van der Waals surface area (Å²) in [6.07, 6.45) is 0. The Morgan fingerprint density at radius 2 is 0.500 bits per heavy atom. The molecule has 0 aromatic rings. The third-order valence-electron chi connectivity index (χ3n) is 0. The number of hydrogen-bond donors (Lipinski definition) is 0. The van der Waals surface area contributed by atoms with E-state index in [1.165, 1.54) is 0 Å². The molecular weight excluding hydrogens is 112 g/mol. The summed E-state index contributed by atoms with van der Waals surface area (Å²) in [5.41, 5.74) is 0. The van der Waals surface area contributed by atoms with Crippen LogP contribution in [-0.2, 0) is 0 Å². The normalized spacial score (nSPS) is 0. The average molecular weight is 116 g/mol. The Bertz CT molecular complexity index is 4.00. The van der Waals surface area contributed by atoms with E-state index in [-0.39, 0.29) is 86.4 Å². The van der Waals surface area contributed by atoms with Crippen LogP contribution >= 0.6 is 0 Å². The fourth-order valence-corrected chi connectivity index (χ4v) is 0. The van der Waals surface area contributed by atoms with Gasteiger partial charge in [0.25, 0.3) is 0 Å². The van der Waals surface area contributed by atoms with Gasteiger partial charge in [0.2, 0.25) is 0 Å². The Labute approximate surface area is 84.6 Å². The summed E-state index contributed by atoms with van der Waals surface area (Å²) in [6, 6.07) is 0. The molecule has 0 spiro atoms. The summed E-state index contributed by atoms with van der Waals surface area (Å²) in [5.74, 6) is 0. The number of hydrogen-bond acceptors (Lipinski definition) is 0. The molecule has 0 aromatic carbocycles. The molecule has 0 unspecified atom stereocenters. The molecule has 0 rings (SSSR count). The molecule has 0 fully saturated rings. The van der Waals surface area contributed by atoms with Crippen molar-refractivity contribution in [2.24, 2.45) is 0 Å². The van der Waals surface area contributed by atoms with Gasteiger partial charge in [-0.3, -0.25) is 0 Å². The van der Waals surface area contributed by atoms with Crippen molar-refractivity contribution < 1.29 is 11.0 Å². The van der Waals surface area contributed by atoms with Crippen molar-refractivity contribution in [1.82, 2.24) is 0 Å². The van der Waals surface area contributed by atoms with Crippen molar-refractivity contribution >= 4 is 75.5 Å². The van der Waals surface area contributed by atoms with Crippen molar-refractivity contribution in [3.8, 4) is 0 Å². The third kappa shape index (κ3) is 8.83. The molecule has 20 valence electrons. The van der Waals surface area contributed by atoms with Gasteiger partial charge >= 0.3 is 0 Å². The van der Waals surface area contributed by atoms with Gasteiger partial charge in [0.05, 0.1) is 0 Å². The van der Waals surface area contributed by atoms with Crippen LogP contribution in [0.15, 0.2) is 0 Å². The Balaban J connectivity index is 0. The summed E-state index contributed by atoms with van der Waals surface area (Å²) in [7, 11) is 0. The van der Waals surface area contributed by atoms with E-state index in [1.807, 2.05) is 0 Å². The summed E-state index contributed by atoms with van der Waals surface area (Å²) in [6.45, 7) is 0. The van der Waals surface area contributed by atoms with E-state index < -0.39 is 0 Å². The molecule has 4 heavy (non-hydrogen) atoms. The van der Waals surface area contributed by atoms with Crippen LogP contribution in [0.5, 0.6) is 0 Å². The molecule has 0 saturated heterocycles. The quantitative estimate of drug-likeness (QED) is 0.316. The van der Waals surface area contributed by atoms with Crippen LogP contribution in [0, 0.1) is 0 Å². The van der Waals surface area contributed by atoms with Crippen molar-refractivity contribution in [1.29, 1.82) is 0 Å². The van der Waals surface area contributed by atoms with Crippen LogP contribution in [0.4, 0.5) is 0 Å². The van der Waals surface area contributed by atoms with Crippen LogP contribution in [0.3, 0.4) is 0 Å². The van der Waals surface area contributed by atoms with Crippen LogP contribution < -0.4 is 0 Å². The van der Waals surface area contributed by atoms with Crippen molar-refractivity contribution in [3.05, 3.63) is 0 Å². The molecular formula is H4Ca2O2. The van der Waals surface area contributed by atoms with Gasteiger partial charge in [-0.1, -0.05) is 0 Å². The van der Waals surface area contributed by atoms with Crippen LogP contribution in [0.25, 0.3) is 0 Å². The SMILES string of the molecule is O.O.[Ca].[Ca]. The van der Waals surface area contributed by atoms with Gasteiger partial charge in [0.15, 0.2) is 0 Å². The molecule has 0 aliphatic carbocycles. The Morgan fingerprint density at radius 1 is 0.500 bits per heavy atom. The Morgan fingerprint density at radius 3 is 0.500 bits per heavy atom. The van der Waals surface area contributed by atoms with E-state index in [9.17, 15) is 0 Å². The molecule has 0 saturated carbocycles. The third-order valence-corrected chi connectivity index (χ3v) is 0. The molecule has 2 nitrogen and oxygen atoms in total. The summed E-state index contributed by atoms with van der Waals surface area (Å²) >= 11 is 0. The van der Waals surface area contributed by atoms with Crippen molar-refractivity contribution in [3.63, 3.8) is 0 Å². The molecule has 0 atom stereocenters. The van der Waals surface area contributed by atoms with E-state index in [0.717, 1.165) is 0 Å². The predicted octanol–water partition coefficient (Wildman–Crippen LogP) is -2.41. The molecule has 0 aliphatic heterocycles. The second kappa shape index (κ2) is 18.0.